The summed E-state index contributed by atoms with van der Waals surface area (Å²) in [5.74, 6) is 1.39. The first-order valence-corrected chi connectivity index (χ1v) is 10.1. The van der Waals surface area contributed by atoms with Crippen LogP contribution < -0.4 is 4.74 Å². The molecule has 12 heteroatoms. The molecule has 2 heterocycles. The van der Waals surface area contributed by atoms with Gasteiger partial charge in [-0.25, -0.2) is 0 Å². The number of para-hydroxylation sites is 2. The van der Waals surface area contributed by atoms with Crippen molar-refractivity contribution in [3.8, 4) is 22.8 Å². The van der Waals surface area contributed by atoms with Gasteiger partial charge in [0.2, 0.25) is 16.9 Å². The maximum absolute atomic E-state index is 12.7. The molecule has 2 aromatic carbocycles. The van der Waals surface area contributed by atoms with Crippen LogP contribution in [0.4, 0.5) is 13.2 Å². The lowest BCUT2D eigenvalue weighted by Gasteiger charge is -2.10. The quantitative estimate of drug-likeness (QED) is 0.384. The van der Waals surface area contributed by atoms with Crippen molar-refractivity contribution in [2.75, 3.05) is 6.61 Å². The zero-order chi connectivity index (χ0) is 21.8. The lowest BCUT2D eigenvalue weighted by molar-refractivity contribution is -0.137. The van der Waals surface area contributed by atoms with Gasteiger partial charge in [0.1, 0.15) is 11.4 Å². The number of halogens is 3. The van der Waals surface area contributed by atoms with Crippen LogP contribution in [-0.4, -0.2) is 37.0 Å². The van der Waals surface area contributed by atoms with Crippen LogP contribution in [0.2, 0.25) is 0 Å². The molecule has 4 rings (SSSR count). The van der Waals surface area contributed by atoms with Gasteiger partial charge in [0.25, 0.3) is 0 Å². The van der Waals surface area contributed by atoms with Gasteiger partial charge in [-0.2, -0.15) is 22.8 Å². The van der Waals surface area contributed by atoms with E-state index in [0.717, 1.165) is 12.1 Å². The molecule has 0 amide bonds. The van der Waals surface area contributed by atoms with Crippen LogP contribution in [0.15, 0.2) is 58.2 Å². The van der Waals surface area contributed by atoms with Crippen molar-refractivity contribution < 1.29 is 22.4 Å². The topological polar surface area (TPSA) is 91.8 Å². The van der Waals surface area contributed by atoms with Crippen LogP contribution in [0.3, 0.4) is 0 Å². The number of thioether (sulfide) groups is 1. The highest BCUT2D eigenvalue weighted by Gasteiger charge is 2.30. The molecule has 0 N–H and O–H groups in total. The van der Waals surface area contributed by atoms with E-state index in [0.29, 0.717) is 28.8 Å². The van der Waals surface area contributed by atoms with Crippen LogP contribution >= 0.6 is 11.8 Å². The van der Waals surface area contributed by atoms with Gasteiger partial charge in [-0.05, 0) is 41.6 Å². The maximum atomic E-state index is 12.7. The monoisotopic (exact) mass is 448 g/mol. The first kappa shape index (κ1) is 20.8. The molecule has 0 aliphatic carbocycles. The molecule has 0 aliphatic rings. The number of tetrazole rings is 1. The molecular formula is C19H15F3N6O2S. The van der Waals surface area contributed by atoms with Gasteiger partial charge < -0.3 is 9.26 Å². The van der Waals surface area contributed by atoms with Gasteiger partial charge >= 0.3 is 6.18 Å². The number of rotatable bonds is 7. The van der Waals surface area contributed by atoms with Crippen LogP contribution in [0.1, 0.15) is 18.4 Å². The van der Waals surface area contributed by atoms with Crippen LogP contribution in [0, 0.1) is 0 Å². The Kier molecular flexibility index (Phi) is 5.89. The van der Waals surface area contributed by atoms with Crippen molar-refractivity contribution in [3.05, 3.63) is 60.0 Å². The largest absolute Gasteiger partial charge is 0.492 e. The summed E-state index contributed by atoms with van der Waals surface area (Å²) in [6.07, 6.45) is -4.40. The zero-order valence-electron chi connectivity index (χ0n) is 16.1. The second-order valence-corrected chi connectivity index (χ2v) is 7.09. The number of alkyl halides is 3. The number of benzene rings is 2. The molecule has 0 spiro atoms. The number of ether oxygens (including phenoxy) is 1. The molecule has 8 nitrogen and oxygen atoms in total. The third-order valence-corrected chi connectivity index (χ3v) is 5.00. The Morgan fingerprint density at radius 2 is 1.87 bits per heavy atom. The maximum Gasteiger partial charge on any atom is 0.416 e. The number of nitrogens with zero attached hydrogens (tertiary/aromatic N) is 6. The summed E-state index contributed by atoms with van der Waals surface area (Å²) in [6, 6.07) is 11.9. The van der Waals surface area contributed by atoms with Crippen molar-refractivity contribution in [3.63, 3.8) is 0 Å². The van der Waals surface area contributed by atoms with Crippen molar-refractivity contribution in [2.45, 2.75) is 24.0 Å². The van der Waals surface area contributed by atoms with E-state index in [1.807, 2.05) is 31.2 Å². The summed E-state index contributed by atoms with van der Waals surface area (Å²) < 4.78 is 50.5. The lowest BCUT2D eigenvalue weighted by atomic mass is 10.1. The predicted octanol–water partition coefficient (Wildman–Crippen LogP) is 4.42. The highest BCUT2D eigenvalue weighted by Crippen LogP contribution is 2.31. The van der Waals surface area contributed by atoms with Crippen molar-refractivity contribution in [2.24, 2.45) is 0 Å². The zero-order valence-corrected chi connectivity index (χ0v) is 16.9. The third-order valence-electron chi connectivity index (χ3n) is 4.10. The van der Waals surface area contributed by atoms with Gasteiger partial charge in [-0.1, -0.05) is 41.2 Å². The Labute approximate surface area is 178 Å². The van der Waals surface area contributed by atoms with E-state index in [-0.39, 0.29) is 17.5 Å². The van der Waals surface area contributed by atoms with E-state index in [1.54, 1.807) is 4.68 Å². The molecule has 0 radical (unpaired) electrons. The van der Waals surface area contributed by atoms with Gasteiger partial charge in [0.15, 0.2) is 0 Å². The van der Waals surface area contributed by atoms with Crippen molar-refractivity contribution in [1.29, 1.82) is 0 Å². The number of hydrogen-bond acceptors (Lipinski definition) is 8. The Morgan fingerprint density at radius 1 is 1.10 bits per heavy atom. The summed E-state index contributed by atoms with van der Waals surface area (Å²) >= 11 is 1.27. The fraction of sp³-hybridized carbons (Fsp3) is 0.211. The SMILES string of the molecule is CCOc1ccccc1-n1nnnc1SCc1nc(-c2ccc(C(F)(F)F)cc2)no1. The molecule has 0 saturated heterocycles. The summed E-state index contributed by atoms with van der Waals surface area (Å²) in [6.45, 7) is 2.38. The molecule has 0 fully saturated rings. The average molecular weight is 448 g/mol. The molecule has 4 aromatic rings. The summed E-state index contributed by atoms with van der Waals surface area (Å²) in [5, 5.41) is 16.1. The first-order chi connectivity index (χ1) is 15.0. The molecule has 160 valence electrons. The van der Waals surface area contributed by atoms with E-state index in [4.69, 9.17) is 9.26 Å². The van der Waals surface area contributed by atoms with Gasteiger partial charge in [-0.15, -0.1) is 5.10 Å². The minimum absolute atomic E-state index is 0.200. The fourth-order valence-corrected chi connectivity index (χ4v) is 3.42. The van der Waals surface area contributed by atoms with Crippen LogP contribution in [0.5, 0.6) is 5.75 Å². The molecule has 0 bridgehead atoms. The first-order valence-electron chi connectivity index (χ1n) is 9.09. The average Bonchev–Trinajstić information content (AvgIpc) is 3.42. The molecule has 0 aliphatic heterocycles. The molecular weight excluding hydrogens is 433 g/mol. The second-order valence-electron chi connectivity index (χ2n) is 6.15. The molecule has 0 atom stereocenters. The highest BCUT2D eigenvalue weighted by atomic mass is 32.2. The van der Waals surface area contributed by atoms with E-state index in [2.05, 4.69) is 25.7 Å². The third kappa shape index (κ3) is 4.68. The molecule has 0 saturated carbocycles. The Hall–Kier alpha value is -3.41. The smallest absolute Gasteiger partial charge is 0.416 e. The molecule has 2 aromatic heterocycles. The second kappa shape index (κ2) is 8.76. The summed E-state index contributed by atoms with van der Waals surface area (Å²) in [4.78, 5) is 4.24. The van der Waals surface area contributed by atoms with E-state index in [1.165, 1.54) is 23.9 Å². The van der Waals surface area contributed by atoms with E-state index >= 15 is 0 Å². The van der Waals surface area contributed by atoms with E-state index in [9.17, 15) is 13.2 Å². The van der Waals surface area contributed by atoms with Gasteiger partial charge in [-0.3, -0.25) is 0 Å². The highest BCUT2D eigenvalue weighted by molar-refractivity contribution is 7.98. The van der Waals surface area contributed by atoms with Crippen LogP contribution in [-0.2, 0) is 11.9 Å². The minimum Gasteiger partial charge on any atom is -0.492 e. The van der Waals surface area contributed by atoms with Crippen molar-refractivity contribution >= 4 is 11.8 Å². The molecule has 31 heavy (non-hydrogen) atoms. The van der Waals surface area contributed by atoms with Gasteiger partial charge in [0.05, 0.1) is 17.9 Å². The van der Waals surface area contributed by atoms with Crippen LogP contribution in [0.25, 0.3) is 17.1 Å². The lowest BCUT2D eigenvalue weighted by Crippen LogP contribution is -2.04. The number of hydrogen-bond donors (Lipinski definition) is 0. The summed E-state index contributed by atoms with van der Waals surface area (Å²) in [5.41, 5.74) is 0.367. The number of aromatic nitrogens is 6. The Morgan fingerprint density at radius 3 is 2.61 bits per heavy atom. The summed E-state index contributed by atoms with van der Waals surface area (Å²) in [7, 11) is 0. The van der Waals surface area contributed by atoms with Crippen molar-refractivity contribution in [1.82, 2.24) is 30.3 Å². The Bertz CT molecular complexity index is 1160. The van der Waals surface area contributed by atoms with E-state index < -0.39 is 11.7 Å². The predicted molar refractivity (Wildman–Crippen MR) is 105 cm³/mol. The molecule has 0 unspecified atom stereocenters. The Balaban J connectivity index is 1.48. The van der Waals surface area contributed by atoms with Gasteiger partial charge in [0, 0.05) is 5.56 Å². The normalized spacial score (nSPS) is 11.6. The standard InChI is InChI=1S/C19H15F3N6O2S/c1-2-29-15-6-4-3-5-14(15)28-18(24-26-27-28)31-11-16-23-17(25-30-16)12-7-9-13(10-8-12)19(20,21)22/h3-10H,2,11H2,1H3. The fourth-order valence-electron chi connectivity index (χ4n) is 2.70. The minimum atomic E-state index is -4.40.